The molecule has 8 heteroatoms. The lowest BCUT2D eigenvalue weighted by atomic mass is 10.1. The van der Waals surface area contributed by atoms with Gasteiger partial charge in [-0.25, -0.2) is 9.13 Å². The summed E-state index contributed by atoms with van der Waals surface area (Å²) in [6.45, 7) is 3.41. The first-order valence-electron chi connectivity index (χ1n) is 13.8. The van der Waals surface area contributed by atoms with Crippen LogP contribution < -0.4 is 9.13 Å². The maximum absolute atomic E-state index is 8.26. The minimum atomic E-state index is 0.636. The van der Waals surface area contributed by atoms with E-state index in [1.807, 2.05) is 0 Å². The van der Waals surface area contributed by atoms with Gasteiger partial charge in [0.1, 0.15) is 13.1 Å². The molecular formula is C28H44N8+2. The minimum Gasteiger partial charge on any atom is -0.205 e. The van der Waals surface area contributed by atoms with E-state index in [1.54, 1.807) is 0 Å². The molecule has 0 aromatic carbocycles. The summed E-state index contributed by atoms with van der Waals surface area (Å²) < 4.78 is 4.57. The lowest BCUT2D eigenvalue weighted by Crippen LogP contribution is -2.33. The van der Waals surface area contributed by atoms with Crippen LogP contribution in [0.2, 0.25) is 0 Å². The van der Waals surface area contributed by atoms with Crippen LogP contribution in [-0.4, -0.2) is 13.1 Å². The van der Waals surface area contributed by atoms with E-state index in [0.29, 0.717) is 13.1 Å². The molecule has 0 aliphatic heterocycles. The monoisotopic (exact) mass is 492 g/mol. The summed E-state index contributed by atoms with van der Waals surface area (Å²) in [4.78, 5) is 5.58. The van der Waals surface area contributed by atoms with E-state index < -0.39 is 0 Å². The Morgan fingerprint density at radius 1 is 0.472 bits per heavy atom. The molecule has 0 aliphatic carbocycles. The molecule has 194 valence electrons. The number of hydrogen-bond acceptors (Lipinski definition) is 2. The number of azide groups is 2. The molecule has 0 saturated carbocycles. The van der Waals surface area contributed by atoms with Gasteiger partial charge in [0.25, 0.3) is 0 Å². The average Bonchev–Trinajstić information content (AvgIpc) is 2.91. The van der Waals surface area contributed by atoms with E-state index in [9.17, 15) is 0 Å². The smallest absolute Gasteiger partial charge is 0.169 e. The van der Waals surface area contributed by atoms with Gasteiger partial charge in [-0.1, -0.05) is 61.6 Å². The molecule has 0 spiro atoms. The summed E-state index contributed by atoms with van der Waals surface area (Å²) in [6.07, 6.45) is 25.7. The Kier molecular flexibility index (Phi) is 16.3. The van der Waals surface area contributed by atoms with Gasteiger partial charge in [0.15, 0.2) is 24.8 Å². The highest BCUT2D eigenvalue weighted by Crippen LogP contribution is 2.16. The molecule has 0 aliphatic rings. The van der Waals surface area contributed by atoms with E-state index in [4.69, 9.17) is 11.1 Å². The van der Waals surface area contributed by atoms with E-state index in [0.717, 1.165) is 38.8 Å². The maximum atomic E-state index is 8.26. The van der Waals surface area contributed by atoms with Crippen LogP contribution in [-0.2, 0) is 13.1 Å². The van der Waals surface area contributed by atoms with Crippen molar-refractivity contribution >= 4 is 0 Å². The molecule has 8 nitrogen and oxygen atoms in total. The van der Waals surface area contributed by atoms with E-state index in [2.05, 4.69) is 78.2 Å². The van der Waals surface area contributed by atoms with Crippen LogP contribution in [0.25, 0.3) is 32.0 Å². The number of aromatic nitrogens is 2. The summed E-state index contributed by atoms with van der Waals surface area (Å²) >= 11 is 0. The fourth-order valence-electron chi connectivity index (χ4n) is 4.41. The number of hydrogen-bond donors (Lipinski definition) is 0. The van der Waals surface area contributed by atoms with Crippen LogP contribution in [0.15, 0.2) is 59.3 Å². The number of aryl methyl sites for hydroxylation is 2. The fraction of sp³-hybridized carbons (Fsp3) is 0.643. The summed E-state index contributed by atoms with van der Waals surface area (Å²) in [7, 11) is 0. The largest absolute Gasteiger partial charge is 0.205 e. The van der Waals surface area contributed by atoms with Crippen molar-refractivity contribution in [1.29, 1.82) is 0 Å². The van der Waals surface area contributed by atoms with Crippen molar-refractivity contribution in [3.8, 4) is 11.1 Å². The second-order valence-electron chi connectivity index (χ2n) is 9.51. The lowest BCUT2D eigenvalue weighted by Gasteiger charge is -2.03. The van der Waals surface area contributed by atoms with Crippen molar-refractivity contribution in [3.63, 3.8) is 0 Å². The average molecular weight is 493 g/mol. The Labute approximate surface area is 216 Å². The number of rotatable bonds is 21. The molecule has 2 aromatic rings. The molecule has 0 fully saturated rings. The maximum Gasteiger partial charge on any atom is 0.169 e. The first-order valence-corrected chi connectivity index (χ1v) is 13.8. The molecule has 2 rings (SSSR count). The zero-order valence-corrected chi connectivity index (χ0v) is 21.9. The third-order valence-electron chi connectivity index (χ3n) is 6.59. The Balaban J connectivity index is 1.55. The van der Waals surface area contributed by atoms with E-state index in [1.165, 1.54) is 75.3 Å². The Bertz CT molecular complexity index is 836. The van der Waals surface area contributed by atoms with E-state index in [-0.39, 0.29) is 0 Å². The second kappa shape index (κ2) is 20.1. The molecule has 0 atom stereocenters. The first kappa shape index (κ1) is 29.2. The van der Waals surface area contributed by atoms with Crippen molar-refractivity contribution in [1.82, 2.24) is 0 Å². The standard InChI is InChI=1S/C28H44N8/c29-33-31-19-11-7-3-1-5-9-13-21-35-23-15-27(16-24-35)28-17-25-36(26-18-28)22-14-10-6-2-4-8-12-20-32-34-30/h15-18,23-26H,1-14,19-22H2/q+2. The van der Waals surface area contributed by atoms with Crippen LogP contribution in [0.3, 0.4) is 0 Å². The second-order valence-corrected chi connectivity index (χ2v) is 9.51. The SMILES string of the molecule is [N-]=[N+]=NCCCCCCCCC[n+]1ccc(-c2cc[n+](CCCCCCCCCN=[N+]=[N-])cc2)cc1. The molecular weight excluding hydrogens is 448 g/mol. The normalized spacial score (nSPS) is 10.6. The zero-order chi connectivity index (χ0) is 25.5. The highest BCUT2D eigenvalue weighted by Gasteiger charge is 2.06. The zero-order valence-electron chi connectivity index (χ0n) is 21.9. The van der Waals surface area contributed by atoms with Gasteiger partial charge in [0.05, 0.1) is 0 Å². The number of unbranched alkanes of at least 4 members (excludes halogenated alkanes) is 12. The highest BCUT2D eigenvalue weighted by atomic mass is 15.1. The van der Waals surface area contributed by atoms with Crippen molar-refractivity contribution in [2.45, 2.75) is 103 Å². The minimum absolute atomic E-state index is 0.636. The molecule has 2 aromatic heterocycles. The molecule has 0 N–H and O–H groups in total. The molecule has 0 bridgehead atoms. The van der Waals surface area contributed by atoms with Gasteiger partial charge in [-0.15, -0.1) is 0 Å². The van der Waals surface area contributed by atoms with Gasteiger partial charge in [-0.05, 0) is 47.9 Å². The van der Waals surface area contributed by atoms with Crippen molar-refractivity contribution < 1.29 is 9.13 Å². The van der Waals surface area contributed by atoms with Crippen LogP contribution in [0.5, 0.6) is 0 Å². The van der Waals surface area contributed by atoms with Gasteiger partial charge in [-0.2, -0.15) is 0 Å². The van der Waals surface area contributed by atoms with Gasteiger partial charge in [0.2, 0.25) is 0 Å². The molecule has 0 saturated heterocycles. The Morgan fingerprint density at radius 2 is 0.778 bits per heavy atom. The third-order valence-corrected chi connectivity index (χ3v) is 6.59. The molecule has 2 heterocycles. The summed E-state index contributed by atoms with van der Waals surface area (Å²) in [5, 5.41) is 7.16. The van der Waals surface area contributed by atoms with Crippen LogP contribution in [0, 0.1) is 0 Å². The summed E-state index contributed by atoms with van der Waals surface area (Å²) in [6, 6.07) is 8.87. The predicted molar refractivity (Wildman–Crippen MR) is 145 cm³/mol. The Hall–Kier alpha value is -3.08. The summed E-state index contributed by atoms with van der Waals surface area (Å²) in [5.74, 6) is 0. The van der Waals surface area contributed by atoms with Crippen molar-refractivity contribution in [2.75, 3.05) is 13.1 Å². The van der Waals surface area contributed by atoms with Gasteiger partial charge >= 0.3 is 0 Å². The highest BCUT2D eigenvalue weighted by molar-refractivity contribution is 5.60. The first-order chi connectivity index (χ1) is 17.8. The van der Waals surface area contributed by atoms with Crippen LogP contribution in [0.1, 0.15) is 89.9 Å². The number of nitrogens with zero attached hydrogens (tertiary/aromatic N) is 8. The third kappa shape index (κ3) is 13.7. The molecule has 36 heavy (non-hydrogen) atoms. The van der Waals surface area contributed by atoms with Gasteiger partial charge < -0.3 is 0 Å². The van der Waals surface area contributed by atoms with E-state index >= 15 is 0 Å². The number of pyridine rings is 2. The topological polar surface area (TPSA) is 105 Å². The van der Waals surface area contributed by atoms with Gasteiger partial charge in [-0.3, -0.25) is 0 Å². The summed E-state index contributed by atoms with van der Waals surface area (Å²) in [5.41, 5.74) is 19.1. The molecule has 0 unspecified atom stereocenters. The van der Waals surface area contributed by atoms with Crippen molar-refractivity contribution in [3.05, 3.63) is 69.9 Å². The lowest BCUT2D eigenvalue weighted by molar-refractivity contribution is -0.697. The van der Waals surface area contributed by atoms with Crippen molar-refractivity contribution in [2.24, 2.45) is 10.2 Å². The Morgan fingerprint density at radius 3 is 1.11 bits per heavy atom. The molecule has 0 radical (unpaired) electrons. The fourth-order valence-corrected chi connectivity index (χ4v) is 4.41. The van der Waals surface area contributed by atoms with Gasteiger partial charge in [0, 0.05) is 60.0 Å². The van der Waals surface area contributed by atoms with Crippen LogP contribution >= 0.6 is 0 Å². The predicted octanol–water partition coefficient (Wildman–Crippen LogP) is 8.01. The quantitative estimate of drug-likeness (QED) is 0.0553. The molecule has 0 amide bonds. The van der Waals surface area contributed by atoms with Crippen LogP contribution in [0.4, 0.5) is 0 Å².